The number of likely N-dealkylation sites (tertiary alicyclic amines) is 1. The summed E-state index contributed by atoms with van der Waals surface area (Å²) in [5.74, 6) is 1.75. The van der Waals surface area contributed by atoms with Crippen molar-refractivity contribution in [2.45, 2.75) is 65.6 Å². The second-order valence-corrected chi connectivity index (χ2v) is 10.4. The fraction of sp³-hybridized carbons (Fsp3) is 0.700. The van der Waals surface area contributed by atoms with Crippen LogP contribution in [0.15, 0.2) is 12.1 Å². The molecule has 2 saturated carbocycles. The van der Waals surface area contributed by atoms with E-state index in [1.54, 1.807) is 6.07 Å². The second kappa shape index (κ2) is 4.84. The third-order valence-corrected chi connectivity index (χ3v) is 8.97. The number of halogens is 1. The number of piperidine rings is 1. The van der Waals surface area contributed by atoms with Gasteiger partial charge in [0, 0.05) is 22.1 Å². The van der Waals surface area contributed by atoms with Gasteiger partial charge in [0.15, 0.2) is 11.5 Å². The van der Waals surface area contributed by atoms with E-state index >= 15 is 0 Å². The number of ether oxygens (including phenoxy) is 1. The van der Waals surface area contributed by atoms with E-state index in [9.17, 15) is 10.2 Å². The summed E-state index contributed by atoms with van der Waals surface area (Å²) in [6.45, 7) is 2.18. The van der Waals surface area contributed by atoms with E-state index in [2.05, 4.69) is 33.6 Å². The molecule has 2 aliphatic heterocycles. The number of benzene rings is 1. The van der Waals surface area contributed by atoms with Crippen molar-refractivity contribution in [3.8, 4) is 11.5 Å². The monoisotopic (exact) mass is 453 g/mol. The maximum absolute atomic E-state index is 12.1. The van der Waals surface area contributed by atoms with Gasteiger partial charge in [-0.15, -0.1) is 0 Å². The minimum absolute atomic E-state index is 0.0141. The highest BCUT2D eigenvalue weighted by Gasteiger charge is 2.72. The van der Waals surface area contributed by atoms with Crippen LogP contribution >= 0.6 is 22.6 Å². The van der Waals surface area contributed by atoms with Crippen LogP contribution in [0.25, 0.3) is 0 Å². The number of aromatic hydroxyl groups is 1. The van der Waals surface area contributed by atoms with Gasteiger partial charge in [-0.25, -0.2) is 0 Å². The Hall–Kier alpha value is -0.530. The molecule has 0 radical (unpaired) electrons. The van der Waals surface area contributed by atoms with Crippen LogP contribution < -0.4 is 4.74 Å². The second-order valence-electron chi connectivity index (χ2n) is 8.84. The molecule has 1 aromatic rings. The van der Waals surface area contributed by atoms with Gasteiger partial charge < -0.3 is 14.9 Å². The molecule has 5 aliphatic rings. The van der Waals surface area contributed by atoms with Gasteiger partial charge in [0.1, 0.15) is 6.10 Å². The zero-order chi connectivity index (χ0) is 17.0. The molecule has 1 spiro atoms. The van der Waals surface area contributed by atoms with E-state index in [4.69, 9.17) is 4.74 Å². The third kappa shape index (κ3) is 1.76. The summed E-state index contributed by atoms with van der Waals surface area (Å²) in [7, 11) is 0. The van der Waals surface area contributed by atoms with Crippen LogP contribution in [-0.2, 0) is 11.8 Å². The number of hydrogen-bond acceptors (Lipinski definition) is 4. The molecule has 134 valence electrons. The van der Waals surface area contributed by atoms with Gasteiger partial charge in [-0.3, -0.25) is 4.90 Å². The van der Waals surface area contributed by atoms with Crippen LogP contribution in [0, 0.1) is 5.92 Å². The lowest BCUT2D eigenvalue weighted by Gasteiger charge is -2.63. The Kier molecular flexibility index (Phi) is 3.01. The van der Waals surface area contributed by atoms with Gasteiger partial charge in [-0.1, -0.05) is 28.7 Å². The SMILES string of the molecule is Oc1ccc2c3c1OC1C(I)CC[C@@]4(O)[C@@H](C2)N(CC2CC2)CC[C@]314. The maximum Gasteiger partial charge on any atom is 0.165 e. The van der Waals surface area contributed by atoms with Crippen molar-refractivity contribution in [3.05, 3.63) is 23.3 Å². The quantitative estimate of drug-likeness (QED) is 0.535. The molecular weight excluding hydrogens is 429 g/mol. The van der Waals surface area contributed by atoms with Crippen LogP contribution in [0.5, 0.6) is 11.5 Å². The number of nitrogens with zero attached hydrogens (tertiary/aromatic N) is 1. The van der Waals surface area contributed by atoms with E-state index in [-0.39, 0.29) is 23.3 Å². The van der Waals surface area contributed by atoms with Crippen molar-refractivity contribution >= 4 is 22.6 Å². The number of alkyl halides is 1. The minimum Gasteiger partial charge on any atom is -0.504 e. The first-order valence-electron chi connectivity index (χ1n) is 9.67. The molecule has 2 heterocycles. The van der Waals surface area contributed by atoms with E-state index in [0.717, 1.165) is 50.3 Å². The molecule has 2 unspecified atom stereocenters. The van der Waals surface area contributed by atoms with Gasteiger partial charge >= 0.3 is 0 Å². The predicted molar refractivity (Wildman–Crippen MR) is 103 cm³/mol. The molecular formula is C20H24INO3. The average Bonchev–Trinajstić information content (AvgIpc) is 3.32. The van der Waals surface area contributed by atoms with E-state index < -0.39 is 5.60 Å². The van der Waals surface area contributed by atoms with Gasteiger partial charge in [0.2, 0.25) is 0 Å². The standard InChI is InChI=1S/C20H24INO3/c21-13-5-6-20(24)15-9-12-3-4-14(23)17-16(12)19(20,18(13)25-17)7-8-22(15)10-11-1-2-11/h3-4,11,13,15,18,23-24H,1-2,5-10H2/t13?,15-,18?,19+,20-/m1/s1. The van der Waals surface area contributed by atoms with Gasteiger partial charge in [-0.2, -0.15) is 0 Å². The van der Waals surface area contributed by atoms with Gasteiger partial charge in [-0.05, 0) is 62.6 Å². The summed E-state index contributed by atoms with van der Waals surface area (Å²) in [6.07, 6.45) is 6.35. The van der Waals surface area contributed by atoms with Crippen LogP contribution in [-0.4, -0.2) is 49.9 Å². The molecule has 4 nitrogen and oxygen atoms in total. The molecule has 25 heavy (non-hydrogen) atoms. The molecule has 3 fully saturated rings. The van der Waals surface area contributed by atoms with Crippen LogP contribution in [0.4, 0.5) is 0 Å². The van der Waals surface area contributed by atoms with Crippen LogP contribution in [0.1, 0.15) is 43.2 Å². The highest BCUT2D eigenvalue weighted by molar-refractivity contribution is 14.1. The molecule has 1 saturated heterocycles. The molecule has 3 aliphatic carbocycles. The first-order valence-corrected chi connectivity index (χ1v) is 10.9. The lowest BCUT2D eigenvalue weighted by atomic mass is 9.49. The Labute approximate surface area is 161 Å². The third-order valence-electron chi connectivity index (χ3n) is 7.69. The summed E-state index contributed by atoms with van der Waals surface area (Å²) in [6, 6.07) is 4.06. The summed E-state index contributed by atoms with van der Waals surface area (Å²) >= 11 is 2.50. The first-order chi connectivity index (χ1) is 12.0. The lowest BCUT2D eigenvalue weighted by Crippen LogP contribution is -2.76. The fourth-order valence-corrected chi connectivity index (χ4v) is 7.49. The molecule has 2 N–H and O–H groups in total. The molecule has 6 rings (SSSR count). The van der Waals surface area contributed by atoms with E-state index in [1.807, 2.05) is 0 Å². The van der Waals surface area contributed by atoms with Crippen molar-refractivity contribution in [1.29, 1.82) is 0 Å². The predicted octanol–water partition coefficient (Wildman–Crippen LogP) is 2.76. The molecule has 1 aromatic carbocycles. The molecule has 2 bridgehead atoms. The lowest BCUT2D eigenvalue weighted by molar-refractivity contribution is -0.182. The van der Waals surface area contributed by atoms with Crippen molar-refractivity contribution in [1.82, 2.24) is 4.90 Å². The van der Waals surface area contributed by atoms with Crippen molar-refractivity contribution < 1.29 is 14.9 Å². The zero-order valence-corrected chi connectivity index (χ0v) is 16.4. The van der Waals surface area contributed by atoms with Crippen molar-refractivity contribution in [2.75, 3.05) is 13.1 Å². The Morgan fingerprint density at radius 2 is 2.08 bits per heavy atom. The van der Waals surface area contributed by atoms with Crippen LogP contribution in [0.2, 0.25) is 0 Å². The number of aliphatic hydroxyl groups is 1. The first kappa shape index (κ1) is 15.5. The van der Waals surface area contributed by atoms with Gasteiger partial charge in [0.05, 0.1) is 11.0 Å². The topological polar surface area (TPSA) is 52.9 Å². The molecule has 0 aromatic heterocycles. The Bertz CT molecular complexity index is 766. The molecule has 5 heteroatoms. The zero-order valence-electron chi connectivity index (χ0n) is 14.2. The number of phenolic OH excluding ortho intramolecular Hbond substituents is 1. The number of rotatable bonds is 2. The van der Waals surface area contributed by atoms with E-state index in [1.165, 1.54) is 18.4 Å². The summed E-state index contributed by atoms with van der Waals surface area (Å²) in [5, 5.41) is 22.6. The average molecular weight is 453 g/mol. The minimum atomic E-state index is -0.724. The normalized spacial score (nSPS) is 44.3. The number of hydrogen-bond donors (Lipinski definition) is 2. The fourth-order valence-electron chi connectivity index (χ4n) is 6.42. The summed E-state index contributed by atoms with van der Waals surface area (Å²) in [4.78, 5) is 2.58. The maximum atomic E-state index is 12.1. The molecule has 5 atom stereocenters. The Balaban J connectivity index is 1.57. The largest absolute Gasteiger partial charge is 0.504 e. The molecule has 0 amide bonds. The number of phenols is 1. The Morgan fingerprint density at radius 1 is 1.24 bits per heavy atom. The highest BCUT2D eigenvalue weighted by Crippen LogP contribution is 2.66. The van der Waals surface area contributed by atoms with Crippen molar-refractivity contribution in [3.63, 3.8) is 0 Å². The summed E-state index contributed by atoms with van der Waals surface area (Å²) in [5.41, 5.74) is 1.38. The van der Waals surface area contributed by atoms with Crippen molar-refractivity contribution in [2.24, 2.45) is 5.92 Å². The smallest absolute Gasteiger partial charge is 0.165 e. The Morgan fingerprint density at radius 3 is 2.88 bits per heavy atom. The van der Waals surface area contributed by atoms with E-state index in [0.29, 0.717) is 9.67 Å². The highest BCUT2D eigenvalue weighted by atomic mass is 127. The van der Waals surface area contributed by atoms with Gasteiger partial charge in [0.25, 0.3) is 0 Å². The van der Waals surface area contributed by atoms with Crippen LogP contribution in [0.3, 0.4) is 0 Å². The summed E-state index contributed by atoms with van der Waals surface area (Å²) < 4.78 is 6.76.